The van der Waals surface area contributed by atoms with Crippen LogP contribution in [0.3, 0.4) is 0 Å². The first-order valence-electron chi connectivity index (χ1n) is 16.5. The molecule has 6 heteroatoms. The predicted molar refractivity (Wildman–Crippen MR) is 200 cm³/mol. The van der Waals surface area contributed by atoms with E-state index in [9.17, 15) is 0 Å². The average Bonchev–Trinajstić information content (AvgIpc) is 3.80. The molecule has 0 aliphatic carbocycles. The van der Waals surface area contributed by atoms with Gasteiger partial charge in [-0.2, -0.15) is 12.1 Å². The second-order valence-electron chi connectivity index (χ2n) is 12.1. The maximum atomic E-state index is 6.36. The molecule has 0 spiro atoms. The number of fused-ring (bicyclic) bond motifs is 3. The van der Waals surface area contributed by atoms with Gasteiger partial charge in [-0.15, -0.1) is 12.1 Å². The van der Waals surface area contributed by atoms with E-state index in [2.05, 4.69) is 149 Å². The zero-order chi connectivity index (χ0) is 33.4. The molecule has 7 aromatic rings. The molecule has 242 valence electrons. The van der Waals surface area contributed by atoms with Crippen LogP contribution in [0.25, 0.3) is 33.0 Å². The number of ether oxygens (including phenoxy) is 1. The van der Waals surface area contributed by atoms with Crippen LogP contribution in [0.15, 0.2) is 164 Å². The first-order valence-corrected chi connectivity index (χ1v) is 16.5. The van der Waals surface area contributed by atoms with E-state index in [4.69, 9.17) is 4.74 Å². The second-order valence-corrected chi connectivity index (χ2v) is 12.1. The van der Waals surface area contributed by atoms with Gasteiger partial charge in [-0.3, -0.25) is 0 Å². The molecule has 5 nitrogen and oxygen atoms in total. The third-order valence-electron chi connectivity index (χ3n) is 8.90. The molecule has 7 aromatic carbocycles. The quantitative estimate of drug-likeness (QED) is 0.116. The number of hydrogen-bond acceptors (Lipinski definition) is 1. The van der Waals surface area contributed by atoms with Gasteiger partial charge in [0.05, 0.1) is 16.5 Å². The molecule has 0 atom stereocenters. The molecule has 0 fully saturated rings. The Bertz CT molecular complexity index is 2590. The summed E-state index contributed by atoms with van der Waals surface area (Å²) >= 11 is 0. The maximum Gasteiger partial charge on any atom is 2.00 e. The summed E-state index contributed by atoms with van der Waals surface area (Å²) in [6.07, 6.45) is 3.88. The molecular formula is C45H30N4OPt+4. The van der Waals surface area contributed by atoms with Gasteiger partial charge in [-0.1, -0.05) is 123 Å². The summed E-state index contributed by atoms with van der Waals surface area (Å²) < 4.78 is 14.4. The number of rotatable bonds is 7. The Morgan fingerprint density at radius 1 is 0.510 bits per heavy atom. The minimum atomic E-state index is 0. The average molecular weight is 838 g/mol. The van der Waals surface area contributed by atoms with Crippen LogP contribution in [-0.2, 0) is 21.1 Å². The summed E-state index contributed by atoms with van der Waals surface area (Å²) in [4.78, 5) is 0. The number of benzene rings is 7. The fraction of sp³-hybridized carbons (Fsp3) is 0.0222. The van der Waals surface area contributed by atoms with Crippen molar-refractivity contribution in [1.82, 2.24) is 9.15 Å². The Hall–Kier alpha value is -6.21. The van der Waals surface area contributed by atoms with Crippen molar-refractivity contribution in [3.63, 3.8) is 0 Å². The number of para-hydroxylation sites is 1. The molecule has 0 unspecified atom stereocenters. The smallest absolute Gasteiger partial charge is 0.509 e. The van der Waals surface area contributed by atoms with Crippen molar-refractivity contribution in [3.05, 3.63) is 176 Å². The van der Waals surface area contributed by atoms with Gasteiger partial charge in [-0.05, 0) is 45.4 Å². The van der Waals surface area contributed by atoms with Crippen molar-refractivity contribution >= 4 is 51.2 Å². The molecule has 0 saturated carbocycles. The fourth-order valence-corrected chi connectivity index (χ4v) is 6.61. The van der Waals surface area contributed by atoms with Gasteiger partial charge in [0, 0.05) is 17.6 Å². The second kappa shape index (κ2) is 13.6. The van der Waals surface area contributed by atoms with E-state index in [0.717, 1.165) is 61.5 Å². The van der Waals surface area contributed by atoms with Crippen LogP contribution in [-0.4, -0.2) is 28.2 Å². The monoisotopic (exact) mass is 837 g/mol. The molecule has 2 aliphatic heterocycles. The number of nitrogens with zero attached hydrogens (tertiary/aromatic N) is 4. The summed E-state index contributed by atoms with van der Waals surface area (Å²) in [5.41, 5.74) is 9.26. The Balaban J connectivity index is 0.00000374. The Labute approximate surface area is 310 Å². The molecule has 9 rings (SSSR count). The summed E-state index contributed by atoms with van der Waals surface area (Å²) in [5, 5.41) is 2.29. The fourth-order valence-electron chi connectivity index (χ4n) is 6.61. The van der Waals surface area contributed by atoms with Crippen molar-refractivity contribution < 1.29 is 35.0 Å². The first kappa shape index (κ1) is 32.0. The third kappa shape index (κ3) is 6.01. The van der Waals surface area contributed by atoms with Gasteiger partial charge < -0.3 is 4.74 Å². The van der Waals surface area contributed by atoms with E-state index in [1.54, 1.807) is 0 Å². The summed E-state index contributed by atoms with van der Waals surface area (Å²) in [6, 6.07) is 66.2. The van der Waals surface area contributed by atoms with E-state index in [1.165, 1.54) is 0 Å². The molecular weight excluding hydrogens is 808 g/mol. The Kier molecular flexibility index (Phi) is 8.54. The van der Waals surface area contributed by atoms with Crippen LogP contribution >= 0.6 is 0 Å². The summed E-state index contributed by atoms with van der Waals surface area (Å²) in [6.45, 7) is 0. The molecule has 51 heavy (non-hydrogen) atoms. The minimum Gasteiger partial charge on any atom is -0.509 e. The van der Waals surface area contributed by atoms with Crippen molar-refractivity contribution in [1.29, 1.82) is 0 Å². The first-order chi connectivity index (χ1) is 24.7. The molecule has 0 N–H and O–H groups in total. The van der Waals surface area contributed by atoms with E-state index >= 15 is 0 Å². The zero-order valence-corrected chi connectivity index (χ0v) is 29.9. The van der Waals surface area contributed by atoms with Crippen molar-refractivity contribution in [2.45, 2.75) is 0 Å². The predicted octanol–water partition coefficient (Wildman–Crippen LogP) is 10.4. The molecule has 0 aromatic heterocycles. The van der Waals surface area contributed by atoms with Gasteiger partial charge in [0.15, 0.2) is 7.05 Å². The standard InChI is InChI=1S/C45H30N4O.Pt/c1-46-27-28-47(31-46)36-18-10-20-38(29-36)50-39-21-11-19-37(30-39)48-32-49(45-42-22-9-8-17-35(42)25-26-43(45)48)44-40(33-13-4-2-5-14-33)23-12-24-41(44)34-15-6-3-7-16-34;/h2-28H,1H3;/q2*+2. The molecule has 2 heterocycles. The Morgan fingerprint density at radius 2 is 1.12 bits per heavy atom. The van der Waals surface area contributed by atoms with Gasteiger partial charge in [0.25, 0.3) is 11.9 Å². The molecule has 0 bridgehead atoms. The molecule has 0 saturated heterocycles. The van der Waals surface area contributed by atoms with Crippen LogP contribution in [0.1, 0.15) is 0 Å². The van der Waals surface area contributed by atoms with Crippen LogP contribution in [0.2, 0.25) is 0 Å². The molecule has 2 aliphatic rings. The largest absolute Gasteiger partial charge is 2.00 e. The van der Waals surface area contributed by atoms with Gasteiger partial charge in [-0.25, -0.2) is 0 Å². The minimum absolute atomic E-state index is 0. The van der Waals surface area contributed by atoms with Crippen molar-refractivity contribution in [2.75, 3.05) is 7.05 Å². The number of hydrogen-bond donors (Lipinski definition) is 0. The summed E-state index contributed by atoms with van der Waals surface area (Å²) in [5.74, 6) is 1.17. The van der Waals surface area contributed by atoms with E-state index < -0.39 is 0 Å². The third-order valence-corrected chi connectivity index (χ3v) is 8.90. The van der Waals surface area contributed by atoms with Gasteiger partial charge in [0.1, 0.15) is 11.4 Å². The van der Waals surface area contributed by atoms with Crippen LogP contribution in [0, 0.1) is 12.1 Å². The van der Waals surface area contributed by atoms with Crippen LogP contribution in [0.4, 0.5) is 28.4 Å². The van der Waals surface area contributed by atoms with E-state index in [0.29, 0.717) is 11.5 Å². The normalized spacial score (nSPS) is 12.8. The van der Waals surface area contributed by atoms with E-state index in [1.807, 2.05) is 65.0 Å². The van der Waals surface area contributed by atoms with Gasteiger partial charge >= 0.3 is 38.8 Å². The molecule has 0 radical (unpaired) electrons. The zero-order valence-electron chi connectivity index (χ0n) is 27.6. The van der Waals surface area contributed by atoms with E-state index in [-0.39, 0.29) is 21.1 Å². The van der Waals surface area contributed by atoms with Crippen molar-refractivity contribution in [3.8, 4) is 33.8 Å². The van der Waals surface area contributed by atoms with Crippen molar-refractivity contribution in [2.24, 2.45) is 0 Å². The van der Waals surface area contributed by atoms with Gasteiger partial charge in [0.2, 0.25) is 11.9 Å². The summed E-state index contributed by atoms with van der Waals surface area (Å²) in [7, 11) is 1.94. The van der Waals surface area contributed by atoms with Crippen LogP contribution in [0.5, 0.6) is 11.5 Å². The molecule has 0 amide bonds. The maximum absolute atomic E-state index is 6.36. The van der Waals surface area contributed by atoms with Crippen LogP contribution < -0.4 is 13.9 Å². The Morgan fingerprint density at radius 3 is 1.78 bits per heavy atom. The SMILES string of the molecule is C[N+]1=C=[N+](c2[c-]c(Oc3[c-]c([N+]4=C=[N+](c5c(-c6ccccc6)cccc5-c5ccccc5)c5c4ccc4ccccc54)ccc3)ccc2)C=C1.[Pt+2]. The topological polar surface area (TPSA) is 21.3 Å².